The highest BCUT2D eigenvalue weighted by Crippen LogP contribution is 2.09. The zero-order valence-electron chi connectivity index (χ0n) is 13.1. The zero-order valence-corrected chi connectivity index (χ0v) is 13.1. The number of ether oxygens (including phenoxy) is 2. The molecule has 0 radical (unpaired) electrons. The van der Waals surface area contributed by atoms with Crippen LogP contribution in [-0.4, -0.2) is 52.5 Å². The van der Waals surface area contributed by atoms with Gasteiger partial charge in [-0.05, 0) is 0 Å². The first-order chi connectivity index (χ1) is 10.2. The van der Waals surface area contributed by atoms with E-state index in [1.165, 1.54) is 18.0 Å². The monoisotopic (exact) mass is 314 g/mol. The van der Waals surface area contributed by atoms with Crippen molar-refractivity contribution in [2.75, 3.05) is 13.8 Å². The minimum Gasteiger partial charge on any atom is -0.595 e. The lowest BCUT2D eigenvalue weighted by Gasteiger charge is -2.30. The van der Waals surface area contributed by atoms with Crippen LogP contribution in [0.15, 0.2) is 11.2 Å². The average Bonchev–Trinajstić information content (AvgIpc) is 2.82. The Balaban J connectivity index is 2.84. The predicted octanol–water partition coefficient (Wildman–Crippen LogP) is -0.137. The summed E-state index contributed by atoms with van der Waals surface area (Å²) < 4.78 is 23.2. The third-order valence-corrected chi connectivity index (χ3v) is 2.43. The van der Waals surface area contributed by atoms with E-state index in [9.17, 15) is 14.3 Å². The van der Waals surface area contributed by atoms with Crippen LogP contribution in [-0.2, 0) is 27.2 Å². The molecule has 1 aromatic rings. The largest absolute Gasteiger partial charge is 0.595 e. The van der Waals surface area contributed by atoms with Crippen LogP contribution in [0, 0.1) is 0 Å². The number of carbonyl (C=O) groups excluding carboxylic acids is 1. The lowest BCUT2D eigenvalue weighted by molar-refractivity contribution is -0.261. The van der Waals surface area contributed by atoms with Crippen LogP contribution >= 0.6 is 0 Å². The fourth-order valence-electron chi connectivity index (χ4n) is 1.56. The molecule has 0 spiro atoms. The van der Waals surface area contributed by atoms with Crippen molar-refractivity contribution in [3.8, 4) is 0 Å². The van der Waals surface area contributed by atoms with Crippen molar-refractivity contribution >= 4 is 12.1 Å². The van der Waals surface area contributed by atoms with Gasteiger partial charge in [0.25, 0.3) is 0 Å². The van der Waals surface area contributed by atoms with Crippen LogP contribution in [0.2, 0.25) is 0 Å². The summed E-state index contributed by atoms with van der Waals surface area (Å²) in [5.41, 5.74) is -0.318. The minimum absolute atomic E-state index is 0.0121. The van der Waals surface area contributed by atoms with E-state index in [2.05, 4.69) is 20.0 Å². The molecular weight excluding hydrogens is 294 g/mol. The number of hydrogen-bond acceptors (Lipinski definition) is 7. The Morgan fingerprint density at radius 3 is 2.77 bits per heavy atom. The van der Waals surface area contributed by atoms with Crippen LogP contribution in [0.4, 0.5) is 4.39 Å². The van der Waals surface area contributed by atoms with Gasteiger partial charge in [-0.2, -0.15) is 0 Å². The van der Waals surface area contributed by atoms with Crippen LogP contribution in [0.5, 0.6) is 0 Å². The van der Waals surface area contributed by atoms with E-state index < -0.39 is 30.4 Å². The number of esters is 1. The van der Waals surface area contributed by atoms with Crippen molar-refractivity contribution in [1.82, 2.24) is 15.0 Å². The van der Waals surface area contributed by atoms with E-state index in [-0.39, 0.29) is 13.0 Å². The minimum atomic E-state index is -1.09. The molecule has 1 aromatic heterocycles. The Bertz CT molecular complexity index is 524. The van der Waals surface area contributed by atoms with Crippen LogP contribution < -0.4 is 5.11 Å². The van der Waals surface area contributed by atoms with Gasteiger partial charge in [-0.1, -0.05) is 26.0 Å². The van der Waals surface area contributed by atoms with Gasteiger partial charge >= 0.3 is 5.97 Å². The van der Waals surface area contributed by atoms with Crippen molar-refractivity contribution in [2.24, 2.45) is 4.99 Å². The second-order valence-electron chi connectivity index (χ2n) is 5.51. The fraction of sp³-hybridized carbons (Fsp3) is 0.692. The molecule has 9 heteroatoms. The highest BCUT2D eigenvalue weighted by molar-refractivity contribution is 5.79. The van der Waals surface area contributed by atoms with Gasteiger partial charge in [-0.15, -0.1) is 5.10 Å². The Kier molecular flexibility index (Phi) is 6.26. The molecule has 22 heavy (non-hydrogen) atoms. The summed E-state index contributed by atoms with van der Waals surface area (Å²) >= 11 is 0. The first-order valence-corrected chi connectivity index (χ1v) is 6.72. The summed E-state index contributed by atoms with van der Waals surface area (Å²) in [6.07, 6.45) is 0.636. The molecule has 1 rings (SSSR count). The summed E-state index contributed by atoms with van der Waals surface area (Å²) in [6, 6.07) is -1.09. The molecular formula is C13H20FN4O4-. The normalized spacial score (nSPS) is 13.8. The second kappa shape index (κ2) is 7.71. The Morgan fingerprint density at radius 2 is 2.23 bits per heavy atom. The summed E-state index contributed by atoms with van der Waals surface area (Å²) in [5, 5.41) is 19.2. The summed E-state index contributed by atoms with van der Waals surface area (Å²) in [6.45, 7) is 4.56. The van der Waals surface area contributed by atoms with E-state index >= 15 is 0 Å². The second-order valence-corrected chi connectivity index (χ2v) is 5.51. The van der Waals surface area contributed by atoms with E-state index in [0.717, 1.165) is 0 Å². The lowest BCUT2D eigenvalue weighted by atomic mass is 10.2. The molecule has 1 heterocycles. The Labute approximate surface area is 127 Å². The van der Waals surface area contributed by atoms with E-state index in [1.54, 1.807) is 20.8 Å². The van der Waals surface area contributed by atoms with Crippen LogP contribution in [0.1, 0.15) is 26.5 Å². The van der Waals surface area contributed by atoms with Gasteiger partial charge in [-0.25, -0.2) is 13.9 Å². The van der Waals surface area contributed by atoms with Crippen LogP contribution in [0.3, 0.4) is 0 Å². The maximum absolute atomic E-state index is 12.2. The molecule has 0 aliphatic heterocycles. The van der Waals surface area contributed by atoms with Gasteiger partial charge in [0.15, 0.2) is 6.04 Å². The van der Waals surface area contributed by atoms with Crippen LogP contribution in [0.25, 0.3) is 0 Å². The Hall–Kier alpha value is -2.19. The van der Waals surface area contributed by atoms with Crippen molar-refractivity contribution in [3.63, 3.8) is 0 Å². The molecule has 0 bridgehead atoms. The molecule has 0 fully saturated rings. The van der Waals surface area contributed by atoms with Crippen molar-refractivity contribution in [2.45, 2.75) is 45.4 Å². The van der Waals surface area contributed by atoms with Gasteiger partial charge < -0.3 is 14.6 Å². The molecule has 1 atom stereocenters. The number of alkyl halides is 1. The maximum atomic E-state index is 12.2. The summed E-state index contributed by atoms with van der Waals surface area (Å²) in [5.74, 6) is -0.689. The molecule has 124 valence electrons. The van der Waals surface area contributed by atoms with Gasteiger partial charge in [-0.3, -0.25) is 4.99 Å². The first kappa shape index (κ1) is 17.9. The molecule has 0 aliphatic carbocycles. The molecule has 1 unspecified atom stereocenters. The van der Waals surface area contributed by atoms with E-state index in [0.29, 0.717) is 5.69 Å². The maximum Gasteiger partial charge on any atom is 0.331 e. The fourth-order valence-corrected chi connectivity index (χ4v) is 1.56. The third kappa shape index (κ3) is 6.06. The molecule has 0 N–H and O–H groups in total. The summed E-state index contributed by atoms with van der Waals surface area (Å²) in [7, 11) is 1.19. The molecule has 0 aliphatic rings. The zero-order chi connectivity index (χ0) is 16.8. The van der Waals surface area contributed by atoms with Crippen molar-refractivity contribution in [1.29, 1.82) is 0 Å². The SMILES string of the molecule is COC(=O)C(Cc1cn(CC[18F])nn1)N=C([O-])OC(C)(C)C. The lowest BCUT2D eigenvalue weighted by Crippen LogP contribution is -2.35. The number of carbonyl (C=O) groups is 1. The van der Waals surface area contributed by atoms with Crippen molar-refractivity contribution < 1.29 is 23.8 Å². The number of aliphatic imine (C=N–C) groups is 1. The molecule has 0 saturated carbocycles. The van der Waals surface area contributed by atoms with Gasteiger partial charge in [0.1, 0.15) is 12.8 Å². The molecule has 0 aromatic carbocycles. The van der Waals surface area contributed by atoms with Gasteiger partial charge in [0, 0.05) is 18.2 Å². The highest BCUT2D eigenvalue weighted by atomic mass is 18.2. The number of nitrogens with zero attached hydrogens (tertiary/aromatic N) is 4. The standard InChI is InChI=1S/C13H21FN4O4/c1-13(2,3)22-12(20)15-10(11(19)21-4)7-9-8-18(6-5-14)17-16-9/h8,10H,5-7H2,1-4H3,(H,15,20)/p-1/i14-1. The average molecular weight is 314 g/mol. The first-order valence-electron chi connectivity index (χ1n) is 6.72. The smallest absolute Gasteiger partial charge is 0.331 e. The summed E-state index contributed by atoms with van der Waals surface area (Å²) in [4.78, 5) is 15.4. The molecule has 0 amide bonds. The molecule has 0 saturated heterocycles. The Morgan fingerprint density at radius 1 is 1.55 bits per heavy atom. The van der Waals surface area contributed by atoms with E-state index in [4.69, 9.17) is 4.74 Å². The third-order valence-electron chi connectivity index (χ3n) is 2.43. The highest BCUT2D eigenvalue weighted by Gasteiger charge is 2.21. The topological polar surface area (TPSA) is 102 Å². The predicted molar refractivity (Wildman–Crippen MR) is 73.8 cm³/mol. The van der Waals surface area contributed by atoms with Crippen molar-refractivity contribution in [3.05, 3.63) is 11.9 Å². The van der Waals surface area contributed by atoms with Gasteiger partial charge in [0.05, 0.1) is 19.3 Å². The van der Waals surface area contributed by atoms with Gasteiger partial charge in [0.2, 0.25) is 0 Å². The molecule has 8 nitrogen and oxygen atoms in total. The number of halogens is 1. The number of aromatic nitrogens is 3. The number of methoxy groups -OCH3 is 1. The number of hydrogen-bond donors (Lipinski definition) is 0. The number of aryl methyl sites for hydroxylation is 1. The van der Waals surface area contributed by atoms with E-state index in [1.807, 2.05) is 0 Å². The number of rotatable bonds is 6. The quantitative estimate of drug-likeness (QED) is 0.411.